The van der Waals surface area contributed by atoms with Crippen molar-refractivity contribution in [3.05, 3.63) is 24.3 Å². The monoisotopic (exact) mass is 334 g/mol. The Bertz CT molecular complexity index is 588. The number of ether oxygens (including phenoxy) is 2. The molecule has 1 fully saturated rings. The van der Waals surface area contributed by atoms with Gasteiger partial charge in [-0.05, 0) is 66.1 Å². The summed E-state index contributed by atoms with van der Waals surface area (Å²) in [5, 5.41) is 0. The van der Waals surface area contributed by atoms with Crippen LogP contribution in [0.4, 0.5) is 0 Å². The van der Waals surface area contributed by atoms with Gasteiger partial charge >= 0.3 is 13.1 Å². The third-order valence-electron chi connectivity index (χ3n) is 4.16. The van der Waals surface area contributed by atoms with Gasteiger partial charge in [0.2, 0.25) is 0 Å². The Morgan fingerprint density at radius 1 is 1.12 bits per heavy atom. The van der Waals surface area contributed by atoms with Gasteiger partial charge in [-0.1, -0.05) is 12.1 Å². The molecule has 0 radical (unpaired) electrons. The number of hydrogen-bond donors (Lipinski definition) is 0. The van der Waals surface area contributed by atoms with E-state index in [0.29, 0.717) is 5.75 Å². The summed E-state index contributed by atoms with van der Waals surface area (Å²) in [6.45, 7) is 13.4. The van der Waals surface area contributed by atoms with Crippen molar-refractivity contribution >= 4 is 18.6 Å². The molecule has 24 heavy (non-hydrogen) atoms. The van der Waals surface area contributed by atoms with Gasteiger partial charge in [-0.15, -0.1) is 0 Å². The van der Waals surface area contributed by atoms with Crippen molar-refractivity contribution < 1.29 is 23.6 Å². The van der Waals surface area contributed by atoms with E-state index in [2.05, 4.69) is 0 Å². The van der Waals surface area contributed by atoms with E-state index in [1.54, 1.807) is 6.07 Å². The van der Waals surface area contributed by atoms with E-state index < -0.39 is 29.9 Å². The smallest absolute Gasteiger partial charge is 0.482 e. The Labute approximate surface area is 144 Å². The second kappa shape index (κ2) is 6.41. The van der Waals surface area contributed by atoms with Gasteiger partial charge in [0.05, 0.1) is 11.2 Å². The van der Waals surface area contributed by atoms with Crippen molar-refractivity contribution in [2.45, 2.75) is 65.3 Å². The van der Waals surface area contributed by atoms with Crippen LogP contribution in [-0.2, 0) is 18.8 Å². The van der Waals surface area contributed by atoms with Crippen molar-refractivity contribution in [2.75, 3.05) is 6.61 Å². The molecule has 1 aromatic rings. The lowest BCUT2D eigenvalue weighted by molar-refractivity contribution is -0.157. The molecule has 0 saturated carbocycles. The van der Waals surface area contributed by atoms with E-state index in [0.717, 1.165) is 5.46 Å². The topological polar surface area (TPSA) is 54.0 Å². The highest BCUT2D eigenvalue weighted by Crippen LogP contribution is 2.36. The van der Waals surface area contributed by atoms with Crippen LogP contribution in [0, 0.1) is 0 Å². The van der Waals surface area contributed by atoms with E-state index in [9.17, 15) is 4.79 Å². The second-order valence-corrected chi connectivity index (χ2v) is 8.04. The van der Waals surface area contributed by atoms with Gasteiger partial charge in [0.25, 0.3) is 0 Å². The number of esters is 1. The van der Waals surface area contributed by atoms with Gasteiger partial charge in [-0.3, -0.25) is 0 Å². The van der Waals surface area contributed by atoms with Gasteiger partial charge in [-0.2, -0.15) is 0 Å². The molecular formula is C18H27BO5. The number of hydrogen-bond acceptors (Lipinski definition) is 5. The molecular weight excluding hydrogens is 307 g/mol. The molecule has 0 spiro atoms. The molecule has 1 aromatic carbocycles. The molecule has 0 N–H and O–H groups in total. The van der Waals surface area contributed by atoms with Crippen LogP contribution < -0.4 is 10.2 Å². The summed E-state index contributed by atoms with van der Waals surface area (Å²) in [5.74, 6) is 0.177. The van der Waals surface area contributed by atoms with E-state index in [1.165, 1.54) is 0 Å². The minimum atomic E-state index is -0.523. The minimum Gasteiger partial charge on any atom is -0.482 e. The SMILES string of the molecule is CC(C)(C)OC(=O)COc1cccc(B2OC(C)(C)C(C)(C)O2)c1. The fourth-order valence-corrected chi connectivity index (χ4v) is 2.24. The largest absolute Gasteiger partial charge is 0.494 e. The molecule has 1 aliphatic rings. The third kappa shape index (κ3) is 4.51. The normalized spacial score (nSPS) is 19.2. The molecule has 0 unspecified atom stereocenters. The molecule has 1 saturated heterocycles. The molecule has 5 nitrogen and oxygen atoms in total. The summed E-state index contributed by atoms with van der Waals surface area (Å²) in [5.41, 5.74) is -0.462. The molecule has 0 aliphatic carbocycles. The molecule has 1 heterocycles. The molecule has 6 heteroatoms. The average molecular weight is 334 g/mol. The first-order valence-corrected chi connectivity index (χ1v) is 8.20. The van der Waals surface area contributed by atoms with Crippen molar-refractivity contribution in [3.8, 4) is 5.75 Å². The molecule has 132 valence electrons. The lowest BCUT2D eigenvalue weighted by Gasteiger charge is -2.32. The van der Waals surface area contributed by atoms with Crippen LogP contribution >= 0.6 is 0 Å². The van der Waals surface area contributed by atoms with Crippen LogP contribution in [0.15, 0.2) is 24.3 Å². The van der Waals surface area contributed by atoms with Crippen LogP contribution in [-0.4, -0.2) is 36.5 Å². The van der Waals surface area contributed by atoms with E-state index in [4.69, 9.17) is 18.8 Å². The highest BCUT2D eigenvalue weighted by Gasteiger charge is 2.51. The Morgan fingerprint density at radius 2 is 1.71 bits per heavy atom. The predicted octanol–water partition coefficient (Wildman–Crippen LogP) is 2.71. The first kappa shape index (κ1) is 18.8. The van der Waals surface area contributed by atoms with Gasteiger partial charge in [0, 0.05) is 0 Å². The van der Waals surface area contributed by atoms with E-state index in [-0.39, 0.29) is 6.61 Å². The van der Waals surface area contributed by atoms with Crippen LogP contribution in [0.2, 0.25) is 0 Å². The Hall–Kier alpha value is -1.53. The lowest BCUT2D eigenvalue weighted by Crippen LogP contribution is -2.41. The maximum Gasteiger partial charge on any atom is 0.494 e. The first-order chi connectivity index (χ1) is 10.9. The maximum atomic E-state index is 11.7. The highest BCUT2D eigenvalue weighted by molar-refractivity contribution is 6.62. The fourth-order valence-electron chi connectivity index (χ4n) is 2.24. The number of benzene rings is 1. The second-order valence-electron chi connectivity index (χ2n) is 8.04. The number of carbonyl (C=O) groups excluding carboxylic acids is 1. The highest BCUT2D eigenvalue weighted by atomic mass is 16.7. The fraction of sp³-hybridized carbons (Fsp3) is 0.611. The Balaban J connectivity index is 2.01. The zero-order chi connectivity index (χ0) is 18.2. The quantitative estimate of drug-likeness (QED) is 0.626. The zero-order valence-corrected chi connectivity index (χ0v) is 15.6. The van der Waals surface area contributed by atoms with E-state index >= 15 is 0 Å². The predicted molar refractivity (Wildman–Crippen MR) is 93.5 cm³/mol. The third-order valence-corrected chi connectivity index (χ3v) is 4.16. The molecule has 2 rings (SSSR count). The number of rotatable bonds is 4. The van der Waals surface area contributed by atoms with Crippen LogP contribution in [0.1, 0.15) is 48.5 Å². The summed E-state index contributed by atoms with van der Waals surface area (Å²) < 4.78 is 22.8. The van der Waals surface area contributed by atoms with Crippen molar-refractivity contribution in [1.29, 1.82) is 0 Å². The van der Waals surface area contributed by atoms with Crippen molar-refractivity contribution in [1.82, 2.24) is 0 Å². The standard InChI is InChI=1S/C18H27BO5/c1-16(2,3)22-15(20)12-21-14-10-8-9-13(11-14)19-23-17(4,5)18(6,7)24-19/h8-11H,12H2,1-7H3. The molecule has 0 amide bonds. The molecule has 0 bridgehead atoms. The molecule has 1 aliphatic heterocycles. The van der Waals surface area contributed by atoms with E-state index in [1.807, 2.05) is 66.7 Å². The van der Waals surface area contributed by atoms with Gasteiger partial charge < -0.3 is 18.8 Å². The molecule has 0 atom stereocenters. The van der Waals surface area contributed by atoms with Crippen LogP contribution in [0.5, 0.6) is 5.75 Å². The average Bonchev–Trinajstić information content (AvgIpc) is 2.64. The summed E-state index contributed by atoms with van der Waals surface area (Å²) in [6, 6.07) is 7.39. The Kier molecular flexibility index (Phi) is 5.02. The molecule has 0 aromatic heterocycles. The minimum absolute atomic E-state index is 0.135. The van der Waals surface area contributed by atoms with Crippen LogP contribution in [0.25, 0.3) is 0 Å². The number of carbonyl (C=O) groups is 1. The summed E-state index contributed by atoms with van der Waals surface area (Å²) in [4.78, 5) is 11.7. The zero-order valence-electron chi connectivity index (χ0n) is 15.6. The van der Waals surface area contributed by atoms with Gasteiger partial charge in [0.15, 0.2) is 6.61 Å². The summed E-state index contributed by atoms with van der Waals surface area (Å²) in [6.07, 6.45) is 0. The summed E-state index contributed by atoms with van der Waals surface area (Å²) >= 11 is 0. The maximum absolute atomic E-state index is 11.7. The summed E-state index contributed by atoms with van der Waals surface area (Å²) in [7, 11) is -0.458. The van der Waals surface area contributed by atoms with Crippen molar-refractivity contribution in [3.63, 3.8) is 0 Å². The van der Waals surface area contributed by atoms with Crippen molar-refractivity contribution in [2.24, 2.45) is 0 Å². The first-order valence-electron chi connectivity index (χ1n) is 8.20. The lowest BCUT2D eigenvalue weighted by atomic mass is 9.79. The Morgan fingerprint density at radius 3 is 2.25 bits per heavy atom. The van der Waals surface area contributed by atoms with Gasteiger partial charge in [-0.25, -0.2) is 4.79 Å². The van der Waals surface area contributed by atoms with Gasteiger partial charge in [0.1, 0.15) is 11.4 Å². The van der Waals surface area contributed by atoms with Crippen LogP contribution in [0.3, 0.4) is 0 Å².